The van der Waals surface area contributed by atoms with E-state index in [4.69, 9.17) is 5.11 Å². The molecule has 0 saturated carbocycles. The molecule has 0 spiro atoms. The van der Waals surface area contributed by atoms with E-state index < -0.39 is 12.0 Å². The van der Waals surface area contributed by atoms with E-state index in [-0.39, 0.29) is 5.91 Å². The molecule has 1 aromatic heterocycles. The van der Waals surface area contributed by atoms with E-state index >= 15 is 0 Å². The fourth-order valence-corrected chi connectivity index (χ4v) is 3.87. The molecule has 6 heteroatoms. The second kappa shape index (κ2) is 17.8. The average molecular weight is 436 g/mol. The van der Waals surface area contributed by atoms with Gasteiger partial charge in [-0.1, -0.05) is 103 Å². The summed E-state index contributed by atoms with van der Waals surface area (Å²) in [5.74, 6) is -1.26. The Kier molecular flexibility index (Phi) is 15.6. The lowest BCUT2D eigenvalue weighted by molar-refractivity contribution is -0.140. The second-order valence-corrected chi connectivity index (χ2v) is 8.73. The van der Waals surface area contributed by atoms with Crippen LogP contribution in [0.2, 0.25) is 0 Å². The van der Waals surface area contributed by atoms with Crippen LogP contribution in [0.25, 0.3) is 0 Å². The number of hydrogen-bond acceptors (Lipinski definition) is 3. The van der Waals surface area contributed by atoms with Gasteiger partial charge in [-0.05, 0) is 19.4 Å². The molecule has 1 unspecified atom stereocenters. The minimum atomic E-state index is -1.00. The molecule has 1 heterocycles. The minimum Gasteiger partial charge on any atom is -0.480 e. The van der Waals surface area contributed by atoms with Crippen LogP contribution in [-0.4, -0.2) is 33.3 Å². The Hall–Kier alpha value is -1.85. The molecule has 1 aromatic rings. The van der Waals surface area contributed by atoms with E-state index in [1.54, 1.807) is 6.07 Å². The van der Waals surface area contributed by atoms with Crippen LogP contribution in [0, 0.1) is 0 Å². The smallest absolute Gasteiger partial charge is 0.328 e. The average Bonchev–Trinajstić information content (AvgIpc) is 3.25. The number of aliphatic carboxylic acids is 1. The molecule has 0 aliphatic heterocycles. The molecule has 1 rings (SSSR count). The Morgan fingerprint density at radius 2 is 1.32 bits per heavy atom. The highest BCUT2D eigenvalue weighted by atomic mass is 16.4. The zero-order valence-corrected chi connectivity index (χ0v) is 19.9. The third-order valence-electron chi connectivity index (χ3n) is 5.94. The molecular formula is C25H45N3O3. The molecule has 178 valence electrons. The van der Waals surface area contributed by atoms with Gasteiger partial charge in [0.25, 0.3) is 5.91 Å². The minimum absolute atomic E-state index is 0.258. The first-order valence-corrected chi connectivity index (χ1v) is 12.6. The van der Waals surface area contributed by atoms with Crippen molar-refractivity contribution in [3.05, 3.63) is 18.0 Å². The molecule has 0 radical (unpaired) electrons. The lowest BCUT2D eigenvalue weighted by Gasteiger charge is -2.11. The highest BCUT2D eigenvalue weighted by molar-refractivity contribution is 5.93. The van der Waals surface area contributed by atoms with Crippen LogP contribution in [0.4, 0.5) is 0 Å². The number of carboxylic acid groups (broad SMARTS) is 1. The number of unbranched alkanes of at least 4 members (excludes halogenated alkanes) is 15. The van der Waals surface area contributed by atoms with Gasteiger partial charge >= 0.3 is 5.97 Å². The van der Waals surface area contributed by atoms with Crippen LogP contribution in [0.15, 0.2) is 12.3 Å². The summed E-state index contributed by atoms with van der Waals surface area (Å²) >= 11 is 0. The fraction of sp³-hybridized carbons (Fsp3) is 0.800. The van der Waals surface area contributed by atoms with Crippen molar-refractivity contribution in [2.75, 3.05) is 6.54 Å². The van der Waals surface area contributed by atoms with Crippen molar-refractivity contribution in [3.8, 4) is 0 Å². The molecule has 0 aliphatic carbocycles. The molecule has 31 heavy (non-hydrogen) atoms. The molecule has 0 fully saturated rings. The summed E-state index contributed by atoms with van der Waals surface area (Å²) in [6, 6.07) is 0.703. The Bertz CT molecular complexity index is 601. The summed E-state index contributed by atoms with van der Waals surface area (Å²) in [4.78, 5) is 23.4. The first-order chi connectivity index (χ1) is 15.1. The number of carbonyl (C=O) groups excluding carboxylic acids is 1. The number of amides is 1. The van der Waals surface area contributed by atoms with Gasteiger partial charge in [-0.15, -0.1) is 0 Å². The lowest BCUT2D eigenvalue weighted by Crippen LogP contribution is -2.29. The maximum absolute atomic E-state index is 12.2. The summed E-state index contributed by atoms with van der Waals surface area (Å²) in [5, 5.41) is 15.9. The monoisotopic (exact) mass is 435 g/mol. The Labute approximate surface area is 189 Å². The summed E-state index contributed by atoms with van der Waals surface area (Å²) in [6.07, 6.45) is 22.6. The van der Waals surface area contributed by atoms with Crippen LogP contribution in [0.5, 0.6) is 0 Å². The predicted molar refractivity (Wildman–Crippen MR) is 126 cm³/mol. The van der Waals surface area contributed by atoms with Crippen molar-refractivity contribution in [1.29, 1.82) is 0 Å². The van der Waals surface area contributed by atoms with Crippen molar-refractivity contribution in [2.45, 2.75) is 123 Å². The number of carbonyl (C=O) groups is 2. The number of nitrogens with zero attached hydrogens (tertiary/aromatic N) is 2. The van der Waals surface area contributed by atoms with Crippen molar-refractivity contribution >= 4 is 11.9 Å². The molecule has 1 atom stereocenters. The molecule has 0 aliphatic rings. The molecule has 0 bridgehead atoms. The summed E-state index contributed by atoms with van der Waals surface area (Å²) in [7, 11) is 0. The number of carboxylic acids is 1. The van der Waals surface area contributed by atoms with Crippen LogP contribution >= 0.6 is 0 Å². The Morgan fingerprint density at radius 3 is 1.77 bits per heavy atom. The highest BCUT2D eigenvalue weighted by Gasteiger charge is 2.20. The maximum Gasteiger partial charge on any atom is 0.328 e. The van der Waals surface area contributed by atoms with Gasteiger partial charge in [-0.2, -0.15) is 5.10 Å². The zero-order chi connectivity index (χ0) is 22.7. The van der Waals surface area contributed by atoms with Crippen molar-refractivity contribution in [1.82, 2.24) is 15.1 Å². The van der Waals surface area contributed by atoms with Crippen LogP contribution in [0.3, 0.4) is 0 Å². The largest absolute Gasteiger partial charge is 0.480 e. The maximum atomic E-state index is 12.2. The van der Waals surface area contributed by atoms with Gasteiger partial charge in [0, 0.05) is 12.7 Å². The first kappa shape index (κ1) is 27.2. The fourth-order valence-electron chi connectivity index (χ4n) is 3.87. The van der Waals surface area contributed by atoms with E-state index in [1.807, 2.05) is 0 Å². The van der Waals surface area contributed by atoms with Gasteiger partial charge in [-0.3, -0.25) is 4.79 Å². The predicted octanol–water partition coefficient (Wildman–Crippen LogP) is 6.52. The quantitative estimate of drug-likeness (QED) is 0.228. The van der Waals surface area contributed by atoms with Crippen LogP contribution in [-0.2, 0) is 4.79 Å². The molecule has 0 aromatic carbocycles. The van der Waals surface area contributed by atoms with Gasteiger partial charge in [0.2, 0.25) is 0 Å². The molecule has 1 amide bonds. The number of nitrogens with one attached hydrogen (secondary N) is 1. The van der Waals surface area contributed by atoms with Crippen LogP contribution in [0.1, 0.15) is 133 Å². The zero-order valence-electron chi connectivity index (χ0n) is 19.9. The summed E-state index contributed by atoms with van der Waals surface area (Å²) in [6.45, 7) is 4.40. The second-order valence-electron chi connectivity index (χ2n) is 8.73. The third kappa shape index (κ3) is 12.6. The van der Waals surface area contributed by atoms with Crippen molar-refractivity contribution in [3.63, 3.8) is 0 Å². The lowest BCUT2D eigenvalue weighted by atomic mass is 10.0. The van der Waals surface area contributed by atoms with Crippen LogP contribution < -0.4 is 5.32 Å². The van der Waals surface area contributed by atoms with E-state index in [1.165, 1.54) is 108 Å². The molecular weight excluding hydrogens is 390 g/mol. The SMILES string of the molecule is CCCCCCCCCCCCCCCCCCNC(=O)c1ccnn1C(C)C(=O)O. The topological polar surface area (TPSA) is 84.2 Å². The standard InChI is InChI=1S/C25H45N3O3/c1-3-4-5-6-7-8-9-10-11-12-13-14-15-16-17-18-20-26-24(29)23-19-21-27-28(23)22(2)25(30)31/h19,21-22H,3-18,20H2,1-2H3,(H,26,29)(H,30,31). The molecule has 2 N–H and O–H groups in total. The van der Waals surface area contributed by atoms with E-state index in [0.29, 0.717) is 12.2 Å². The van der Waals surface area contributed by atoms with Gasteiger partial charge in [-0.25, -0.2) is 9.48 Å². The molecule has 0 saturated heterocycles. The highest BCUT2D eigenvalue weighted by Crippen LogP contribution is 2.14. The summed E-state index contributed by atoms with van der Waals surface area (Å²) < 4.78 is 1.26. The van der Waals surface area contributed by atoms with Gasteiger partial charge in [0.1, 0.15) is 11.7 Å². The normalized spacial score (nSPS) is 12.1. The molecule has 6 nitrogen and oxygen atoms in total. The first-order valence-electron chi connectivity index (χ1n) is 12.6. The van der Waals surface area contributed by atoms with E-state index in [2.05, 4.69) is 17.3 Å². The van der Waals surface area contributed by atoms with E-state index in [0.717, 1.165) is 12.8 Å². The van der Waals surface area contributed by atoms with Gasteiger partial charge in [0.05, 0.1) is 0 Å². The van der Waals surface area contributed by atoms with Crippen molar-refractivity contribution < 1.29 is 14.7 Å². The van der Waals surface area contributed by atoms with Crippen molar-refractivity contribution in [2.24, 2.45) is 0 Å². The Balaban J connectivity index is 1.91. The number of rotatable bonds is 20. The van der Waals surface area contributed by atoms with E-state index in [9.17, 15) is 9.59 Å². The van der Waals surface area contributed by atoms with Gasteiger partial charge in [0.15, 0.2) is 0 Å². The number of aromatic nitrogens is 2. The number of hydrogen-bond donors (Lipinski definition) is 2. The Morgan fingerprint density at radius 1 is 0.871 bits per heavy atom. The van der Waals surface area contributed by atoms with Gasteiger partial charge < -0.3 is 10.4 Å². The summed E-state index contributed by atoms with van der Waals surface area (Å²) in [5.41, 5.74) is 0.298. The third-order valence-corrected chi connectivity index (χ3v) is 5.94.